The maximum atomic E-state index is 6.06. The molecule has 2 rings (SSSR count). The Labute approximate surface area is 117 Å². The number of anilines is 4. The predicted molar refractivity (Wildman–Crippen MR) is 78.9 cm³/mol. The average molecular weight is 274 g/mol. The highest BCUT2D eigenvalue weighted by molar-refractivity contribution is 5.76. The van der Waals surface area contributed by atoms with Crippen molar-refractivity contribution in [3.8, 4) is 0 Å². The van der Waals surface area contributed by atoms with E-state index >= 15 is 0 Å². The number of methoxy groups -OCH3 is 1. The number of nitrogens with two attached hydrogens (primary N) is 1. The number of aromatic nitrogens is 3. The van der Waals surface area contributed by atoms with E-state index in [1.807, 2.05) is 25.1 Å². The van der Waals surface area contributed by atoms with Crippen LogP contribution in [-0.2, 0) is 4.74 Å². The Morgan fingerprint density at radius 2 is 2.05 bits per heavy atom. The minimum absolute atomic E-state index is 0.0971. The van der Waals surface area contributed by atoms with E-state index in [2.05, 4.69) is 25.6 Å². The van der Waals surface area contributed by atoms with E-state index in [0.29, 0.717) is 29.7 Å². The van der Waals surface area contributed by atoms with Crippen LogP contribution in [0.2, 0.25) is 0 Å². The smallest absolute Gasteiger partial charge is 0.160 e. The second-order valence-electron chi connectivity index (χ2n) is 4.33. The molecule has 2 heterocycles. The molecule has 0 fully saturated rings. The van der Waals surface area contributed by atoms with Crippen LogP contribution in [0.1, 0.15) is 6.92 Å². The summed E-state index contributed by atoms with van der Waals surface area (Å²) in [5, 5.41) is 6.24. The predicted octanol–water partition coefficient (Wildman–Crippen LogP) is 1.64. The van der Waals surface area contributed by atoms with Crippen molar-refractivity contribution < 1.29 is 4.74 Å². The number of nitrogens with one attached hydrogen (secondary N) is 2. The van der Waals surface area contributed by atoms with Gasteiger partial charge in [-0.15, -0.1) is 0 Å². The average Bonchev–Trinajstić information content (AvgIpc) is 2.45. The van der Waals surface area contributed by atoms with Crippen molar-refractivity contribution in [3.63, 3.8) is 0 Å². The van der Waals surface area contributed by atoms with Crippen LogP contribution in [0, 0.1) is 0 Å². The Bertz CT molecular complexity index is 548. The van der Waals surface area contributed by atoms with Crippen molar-refractivity contribution in [2.45, 2.75) is 13.0 Å². The third-order valence-electron chi connectivity index (χ3n) is 2.60. The number of hydrogen-bond acceptors (Lipinski definition) is 7. The first kappa shape index (κ1) is 14.0. The van der Waals surface area contributed by atoms with Crippen LogP contribution < -0.4 is 16.4 Å². The molecule has 0 aliphatic rings. The van der Waals surface area contributed by atoms with Gasteiger partial charge in [0.15, 0.2) is 11.6 Å². The monoisotopic (exact) mass is 274 g/mol. The van der Waals surface area contributed by atoms with Gasteiger partial charge in [-0.3, -0.25) is 0 Å². The van der Waals surface area contributed by atoms with Gasteiger partial charge in [0.25, 0.3) is 0 Å². The Kier molecular flexibility index (Phi) is 4.67. The van der Waals surface area contributed by atoms with E-state index in [-0.39, 0.29) is 6.04 Å². The molecule has 0 aromatic carbocycles. The van der Waals surface area contributed by atoms with Gasteiger partial charge < -0.3 is 21.1 Å². The number of nitrogens with zero attached hydrogens (tertiary/aromatic N) is 3. The second kappa shape index (κ2) is 6.67. The third kappa shape index (κ3) is 3.55. The number of hydrogen-bond donors (Lipinski definition) is 3. The minimum Gasteiger partial charge on any atom is -0.393 e. The lowest BCUT2D eigenvalue weighted by Gasteiger charge is -2.16. The van der Waals surface area contributed by atoms with Crippen LogP contribution in [0.3, 0.4) is 0 Å². The fraction of sp³-hybridized carbons (Fsp3) is 0.308. The van der Waals surface area contributed by atoms with Crippen LogP contribution >= 0.6 is 0 Å². The zero-order chi connectivity index (χ0) is 14.4. The second-order valence-corrected chi connectivity index (χ2v) is 4.33. The third-order valence-corrected chi connectivity index (χ3v) is 2.60. The summed E-state index contributed by atoms with van der Waals surface area (Å²) in [6, 6.07) is 5.66. The fourth-order valence-corrected chi connectivity index (χ4v) is 1.69. The van der Waals surface area contributed by atoms with E-state index in [9.17, 15) is 0 Å². The molecule has 2 aromatic rings. The highest BCUT2D eigenvalue weighted by Gasteiger charge is 2.10. The molecule has 7 heteroatoms. The van der Waals surface area contributed by atoms with Crippen molar-refractivity contribution in [1.82, 2.24) is 15.0 Å². The molecule has 0 saturated carbocycles. The van der Waals surface area contributed by atoms with Crippen LogP contribution in [0.15, 0.2) is 30.7 Å². The first-order valence-electron chi connectivity index (χ1n) is 6.24. The Morgan fingerprint density at radius 1 is 1.25 bits per heavy atom. The van der Waals surface area contributed by atoms with Gasteiger partial charge in [0.05, 0.1) is 6.61 Å². The van der Waals surface area contributed by atoms with Crippen molar-refractivity contribution in [3.05, 3.63) is 30.7 Å². The lowest BCUT2D eigenvalue weighted by molar-refractivity contribution is 0.190. The number of nitrogen functional groups attached to an aromatic ring is 1. The molecule has 0 aliphatic heterocycles. The molecule has 106 valence electrons. The first-order valence-corrected chi connectivity index (χ1v) is 6.24. The largest absolute Gasteiger partial charge is 0.393 e. The molecule has 7 nitrogen and oxygen atoms in total. The maximum Gasteiger partial charge on any atom is 0.160 e. The van der Waals surface area contributed by atoms with E-state index in [1.165, 1.54) is 6.33 Å². The van der Waals surface area contributed by atoms with Gasteiger partial charge in [-0.25, -0.2) is 15.0 Å². The quantitative estimate of drug-likeness (QED) is 0.736. The van der Waals surface area contributed by atoms with E-state index in [4.69, 9.17) is 10.5 Å². The van der Waals surface area contributed by atoms with Gasteiger partial charge in [-0.2, -0.15) is 0 Å². The summed E-state index contributed by atoms with van der Waals surface area (Å²) in [6.45, 7) is 2.54. The fourth-order valence-electron chi connectivity index (χ4n) is 1.69. The van der Waals surface area contributed by atoms with Gasteiger partial charge in [-0.05, 0) is 19.1 Å². The van der Waals surface area contributed by atoms with Gasteiger partial charge in [-0.1, -0.05) is 6.07 Å². The van der Waals surface area contributed by atoms with Crippen LogP contribution in [0.4, 0.5) is 23.1 Å². The lowest BCUT2D eigenvalue weighted by Crippen LogP contribution is -2.22. The Morgan fingerprint density at radius 3 is 2.75 bits per heavy atom. The standard InChI is InChI=1S/C13H18N6O/c1-9(7-20-2)18-12-11(14)13(17-8-16-12)19-10-5-3-4-6-15-10/h3-6,8-9H,7,14H2,1-2H3,(H2,15,16,17,18,19). The van der Waals surface area contributed by atoms with Gasteiger partial charge >= 0.3 is 0 Å². The van der Waals surface area contributed by atoms with Crippen molar-refractivity contribution in [1.29, 1.82) is 0 Å². The van der Waals surface area contributed by atoms with E-state index in [0.717, 1.165) is 0 Å². The summed E-state index contributed by atoms with van der Waals surface area (Å²) in [6.07, 6.45) is 3.14. The summed E-state index contributed by atoms with van der Waals surface area (Å²) < 4.78 is 5.07. The van der Waals surface area contributed by atoms with Crippen molar-refractivity contribution in [2.75, 3.05) is 30.1 Å². The molecule has 0 saturated heterocycles. The van der Waals surface area contributed by atoms with E-state index < -0.39 is 0 Å². The van der Waals surface area contributed by atoms with Crippen molar-refractivity contribution >= 4 is 23.1 Å². The minimum atomic E-state index is 0.0971. The van der Waals surface area contributed by atoms with Gasteiger partial charge in [0.2, 0.25) is 0 Å². The normalized spacial score (nSPS) is 11.9. The van der Waals surface area contributed by atoms with Crippen molar-refractivity contribution in [2.24, 2.45) is 0 Å². The summed E-state index contributed by atoms with van der Waals surface area (Å²) in [5.74, 6) is 1.77. The molecule has 0 radical (unpaired) electrons. The number of pyridine rings is 1. The summed E-state index contributed by atoms with van der Waals surface area (Å²) in [7, 11) is 1.65. The SMILES string of the molecule is COCC(C)Nc1ncnc(Nc2ccccn2)c1N. The highest BCUT2D eigenvalue weighted by atomic mass is 16.5. The van der Waals surface area contributed by atoms with Crippen LogP contribution in [0.25, 0.3) is 0 Å². The molecule has 0 aliphatic carbocycles. The molecule has 0 amide bonds. The number of rotatable bonds is 6. The molecular formula is C13H18N6O. The Balaban J connectivity index is 2.15. The first-order chi connectivity index (χ1) is 9.70. The molecule has 20 heavy (non-hydrogen) atoms. The molecule has 0 bridgehead atoms. The zero-order valence-corrected chi connectivity index (χ0v) is 11.5. The number of ether oxygens (including phenoxy) is 1. The lowest BCUT2D eigenvalue weighted by atomic mass is 10.3. The summed E-state index contributed by atoms with van der Waals surface area (Å²) in [4.78, 5) is 12.4. The van der Waals surface area contributed by atoms with Gasteiger partial charge in [0, 0.05) is 19.3 Å². The topological polar surface area (TPSA) is 98.0 Å². The van der Waals surface area contributed by atoms with E-state index in [1.54, 1.807) is 13.3 Å². The Hall–Kier alpha value is -2.41. The summed E-state index contributed by atoms with van der Waals surface area (Å²) >= 11 is 0. The molecule has 1 unspecified atom stereocenters. The molecule has 2 aromatic heterocycles. The maximum absolute atomic E-state index is 6.06. The van der Waals surface area contributed by atoms with Crippen LogP contribution in [-0.4, -0.2) is 34.7 Å². The summed E-state index contributed by atoms with van der Waals surface area (Å²) in [5.41, 5.74) is 6.50. The molecular weight excluding hydrogens is 256 g/mol. The highest BCUT2D eigenvalue weighted by Crippen LogP contribution is 2.25. The molecule has 4 N–H and O–H groups in total. The van der Waals surface area contributed by atoms with Crippen LogP contribution in [0.5, 0.6) is 0 Å². The molecule has 0 spiro atoms. The zero-order valence-electron chi connectivity index (χ0n) is 11.5. The van der Waals surface area contributed by atoms with Gasteiger partial charge in [0.1, 0.15) is 17.8 Å². The molecule has 1 atom stereocenters.